The molecule has 10 nitrogen and oxygen atoms in total. The predicted octanol–water partition coefficient (Wildman–Crippen LogP) is 0.108. The summed E-state index contributed by atoms with van der Waals surface area (Å²) in [6.07, 6.45) is 2.53. The van der Waals surface area contributed by atoms with Gasteiger partial charge >= 0.3 is 0 Å². The lowest BCUT2D eigenvalue weighted by Gasteiger charge is -2.32. The van der Waals surface area contributed by atoms with Gasteiger partial charge in [0.2, 0.25) is 11.9 Å². The molecule has 134 valence electrons. The van der Waals surface area contributed by atoms with Gasteiger partial charge in [0.05, 0.1) is 12.7 Å². The number of hydrogen-bond acceptors (Lipinski definition) is 9. The first kappa shape index (κ1) is 16.1. The maximum Gasteiger partial charge on any atom is 0.261 e. The van der Waals surface area contributed by atoms with Gasteiger partial charge in [0.25, 0.3) is 5.91 Å². The Morgan fingerprint density at radius 3 is 2.92 bits per heavy atom. The van der Waals surface area contributed by atoms with Crippen LogP contribution in [0.4, 0.5) is 11.6 Å². The molecule has 5 N–H and O–H groups in total. The number of amides is 1. The molecular formula is C16H17N7O3. The number of benzene rings is 1. The van der Waals surface area contributed by atoms with Crippen LogP contribution in [0.25, 0.3) is 0 Å². The van der Waals surface area contributed by atoms with Gasteiger partial charge in [-0.1, -0.05) is 0 Å². The van der Waals surface area contributed by atoms with E-state index in [1.165, 1.54) is 19.5 Å². The molecule has 2 aliphatic heterocycles. The minimum absolute atomic E-state index is 0.0148. The van der Waals surface area contributed by atoms with E-state index < -0.39 is 5.91 Å². The maximum absolute atomic E-state index is 12.5. The summed E-state index contributed by atoms with van der Waals surface area (Å²) in [7, 11) is 1.46. The number of carbonyl (C=O) groups is 1. The topological polar surface area (TPSA) is 138 Å². The summed E-state index contributed by atoms with van der Waals surface area (Å²) in [4.78, 5) is 26.6. The van der Waals surface area contributed by atoms with Crippen molar-refractivity contribution in [2.45, 2.75) is 6.17 Å². The second-order valence-corrected chi connectivity index (χ2v) is 5.83. The van der Waals surface area contributed by atoms with Crippen molar-refractivity contribution < 1.29 is 14.6 Å². The predicted molar refractivity (Wildman–Crippen MR) is 93.1 cm³/mol. The van der Waals surface area contributed by atoms with Crippen molar-refractivity contribution in [3.05, 3.63) is 35.7 Å². The van der Waals surface area contributed by atoms with Crippen LogP contribution in [0, 0.1) is 0 Å². The number of hydrogen-bond donors (Lipinski definition) is 4. The van der Waals surface area contributed by atoms with E-state index in [-0.39, 0.29) is 29.2 Å². The molecule has 1 aromatic heterocycles. The number of phenols is 1. The number of aromatic hydroxyl groups is 1. The van der Waals surface area contributed by atoms with Crippen molar-refractivity contribution in [3.8, 4) is 11.5 Å². The Labute approximate surface area is 148 Å². The summed E-state index contributed by atoms with van der Waals surface area (Å²) in [6.45, 7) is 1.40. The molecule has 26 heavy (non-hydrogen) atoms. The molecule has 1 unspecified atom stereocenters. The van der Waals surface area contributed by atoms with E-state index in [4.69, 9.17) is 10.5 Å². The van der Waals surface area contributed by atoms with E-state index in [0.717, 1.165) is 12.1 Å². The summed E-state index contributed by atoms with van der Waals surface area (Å²) >= 11 is 0. The lowest BCUT2D eigenvalue weighted by molar-refractivity contribution is 0.0970. The van der Waals surface area contributed by atoms with Crippen LogP contribution < -0.4 is 21.1 Å². The van der Waals surface area contributed by atoms with Crippen LogP contribution in [0.1, 0.15) is 22.1 Å². The van der Waals surface area contributed by atoms with Crippen LogP contribution in [0.5, 0.6) is 11.5 Å². The molecule has 1 amide bonds. The van der Waals surface area contributed by atoms with E-state index in [1.54, 1.807) is 12.1 Å². The van der Waals surface area contributed by atoms with Gasteiger partial charge in [-0.2, -0.15) is 0 Å². The highest BCUT2D eigenvalue weighted by Crippen LogP contribution is 2.45. The fourth-order valence-corrected chi connectivity index (χ4v) is 3.08. The number of carbonyl (C=O) groups excluding carboxylic acids is 1. The molecule has 0 saturated carbocycles. The first-order valence-electron chi connectivity index (χ1n) is 7.96. The van der Waals surface area contributed by atoms with Crippen molar-refractivity contribution in [3.63, 3.8) is 0 Å². The molecule has 10 heteroatoms. The number of nitrogens with two attached hydrogens (primary N) is 1. The molecule has 0 aliphatic carbocycles. The van der Waals surface area contributed by atoms with Crippen LogP contribution in [0.2, 0.25) is 0 Å². The smallest absolute Gasteiger partial charge is 0.261 e. The molecular weight excluding hydrogens is 338 g/mol. The van der Waals surface area contributed by atoms with E-state index in [2.05, 4.69) is 25.6 Å². The summed E-state index contributed by atoms with van der Waals surface area (Å²) in [6, 6.07) is 3.36. The standard InChI is InChI=1S/C16H17N7O3/c1-26-12-10(24)3-2-9-11(12)21-16(23-5-4-18-13(9)23)22-14(25)8-6-19-15(17)20-7-8/h2-3,6-7,13,18,24H,4-5H2,1H3,(H2,17,19,20)(H,21,22,25). The number of rotatable bonds is 2. The Hall–Kier alpha value is -3.40. The molecule has 1 saturated heterocycles. The highest BCUT2D eigenvalue weighted by atomic mass is 16.5. The zero-order valence-electron chi connectivity index (χ0n) is 13.9. The first-order chi connectivity index (χ1) is 12.6. The number of nitrogens with one attached hydrogen (secondary N) is 2. The number of phenolic OH excluding ortho intramolecular Hbond substituents is 1. The lowest BCUT2D eigenvalue weighted by atomic mass is 10.1. The third-order valence-corrected chi connectivity index (χ3v) is 4.29. The highest BCUT2D eigenvalue weighted by molar-refractivity contribution is 6.07. The number of nitrogens with zero attached hydrogens (tertiary/aromatic N) is 4. The highest BCUT2D eigenvalue weighted by Gasteiger charge is 2.36. The molecule has 0 radical (unpaired) electrons. The van der Waals surface area contributed by atoms with Gasteiger partial charge in [-0.05, 0) is 12.1 Å². The minimum atomic E-state index is -0.406. The summed E-state index contributed by atoms with van der Waals surface area (Å²) in [5, 5.41) is 16.2. The molecule has 0 spiro atoms. The van der Waals surface area contributed by atoms with E-state index >= 15 is 0 Å². The third-order valence-electron chi connectivity index (χ3n) is 4.29. The Morgan fingerprint density at radius 2 is 2.19 bits per heavy atom. The number of ether oxygens (including phenoxy) is 1. The van der Waals surface area contributed by atoms with Gasteiger partial charge < -0.3 is 20.5 Å². The van der Waals surface area contributed by atoms with Crippen molar-refractivity contribution in [2.24, 2.45) is 4.99 Å². The second kappa shape index (κ2) is 6.15. The van der Waals surface area contributed by atoms with Gasteiger partial charge in [-0.3, -0.25) is 15.4 Å². The second-order valence-electron chi connectivity index (χ2n) is 5.83. The number of methoxy groups -OCH3 is 1. The number of fused-ring (bicyclic) bond motifs is 3. The van der Waals surface area contributed by atoms with Gasteiger partial charge in [0.1, 0.15) is 11.9 Å². The molecule has 1 aromatic carbocycles. The average Bonchev–Trinajstić information content (AvgIpc) is 3.12. The van der Waals surface area contributed by atoms with Gasteiger partial charge in [-0.25, -0.2) is 15.0 Å². The van der Waals surface area contributed by atoms with Gasteiger partial charge in [0.15, 0.2) is 11.5 Å². The molecule has 2 aromatic rings. The largest absolute Gasteiger partial charge is 0.504 e. The molecule has 2 aliphatic rings. The van der Waals surface area contributed by atoms with Crippen molar-refractivity contribution in [1.82, 2.24) is 25.5 Å². The van der Waals surface area contributed by atoms with Crippen molar-refractivity contribution in [2.75, 3.05) is 25.9 Å². The van der Waals surface area contributed by atoms with E-state index in [1.807, 2.05) is 4.90 Å². The zero-order chi connectivity index (χ0) is 18.3. The summed E-state index contributed by atoms with van der Waals surface area (Å²) in [5.74, 6) is 0.294. The average molecular weight is 355 g/mol. The van der Waals surface area contributed by atoms with Crippen molar-refractivity contribution in [1.29, 1.82) is 0 Å². The Bertz CT molecular complexity index is 897. The van der Waals surface area contributed by atoms with Crippen LogP contribution in [0.15, 0.2) is 29.5 Å². The Morgan fingerprint density at radius 1 is 1.42 bits per heavy atom. The van der Waals surface area contributed by atoms with Gasteiger partial charge in [0, 0.05) is 31.0 Å². The summed E-state index contributed by atoms with van der Waals surface area (Å²) in [5.41, 5.74) is 7.06. The number of guanidine groups is 1. The number of aliphatic imine (C=N–C) groups is 1. The Kier molecular flexibility index (Phi) is 3.81. The fraction of sp³-hybridized carbons (Fsp3) is 0.250. The van der Waals surface area contributed by atoms with Crippen LogP contribution in [-0.4, -0.2) is 52.0 Å². The van der Waals surface area contributed by atoms with E-state index in [9.17, 15) is 9.90 Å². The number of aromatic nitrogens is 2. The monoisotopic (exact) mass is 355 g/mol. The fourth-order valence-electron chi connectivity index (χ4n) is 3.08. The maximum atomic E-state index is 12.5. The van der Waals surface area contributed by atoms with Crippen LogP contribution in [-0.2, 0) is 0 Å². The van der Waals surface area contributed by atoms with Crippen molar-refractivity contribution >= 4 is 23.5 Å². The number of nitrogen functional groups attached to an aromatic ring is 1. The SMILES string of the molecule is COc1c(O)ccc2c1N=C(NC(=O)c1cnc(N)nc1)N1CCNC21. The van der Waals surface area contributed by atoms with E-state index in [0.29, 0.717) is 18.2 Å². The van der Waals surface area contributed by atoms with Crippen LogP contribution in [0.3, 0.4) is 0 Å². The third kappa shape index (κ3) is 2.56. The quantitative estimate of drug-likeness (QED) is 0.595. The first-order valence-corrected chi connectivity index (χ1v) is 7.96. The minimum Gasteiger partial charge on any atom is -0.504 e. The molecule has 1 atom stereocenters. The summed E-state index contributed by atoms with van der Waals surface area (Å²) < 4.78 is 5.29. The number of anilines is 1. The zero-order valence-corrected chi connectivity index (χ0v) is 13.9. The molecule has 0 bridgehead atoms. The van der Waals surface area contributed by atoms with Gasteiger partial charge in [-0.15, -0.1) is 0 Å². The van der Waals surface area contributed by atoms with Crippen LogP contribution >= 0.6 is 0 Å². The molecule has 3 heterocycles. The normalized spacial score (nSPS) is 18.0. The molecule has 4 rings (SSSR count). The lowest BCUT2D eigenvalue weighted by Crippen LogP contribution is -2.46. The Balaban J connectivity index is 1.72. The molecule has 1 fully saturated rings.